The van der Waals surface area contributed by atoms with E-state index >= 15 is 0 Å². The fourth-order valence-electron chi connectivity index (χ4n) is 1.22. The van der Waals surface area contributed by atoms with Gasteiger partial charge in [-0.05, 0) is 6.42 Å². The predicted octanol–water partition coefficient (Wildman–Crippen LogP) is -0.354. The molecule has 76 valence electrons. The quantitative estimate of drug-likeness (QED) is 0.681. The Bertz CT molecular complexity index is 217. The molecule has 0 saturated heterocycles. The molecule has 1 rings (SSSR count). The first-order valence-electron chi connectivity index (χ1n) is 4.49. The van der Waals surface area contributed by atoms with Crippen LogP contribution in [0.3, 0.4) is 0 Å². The molecule has 0 spiro atoms. The summed E-state index contributed by atoms with van der Waals surface area (Å²) < 4.78 is 10.8. The molecule has 5 heteroatoms. The van der Waals surface area contributed by atoms with Gasteiger partial charge in [0.05, 0.1) is 0 Å². The van der Waals surface area contributed by atoms with Crippen LogP contribution in [0.15, 0.2) is 4.99 Å². The summed E-state index contributed by atoms with van der Waals surface area (Å²) in [4.78, 5) is 6.44. The second-order valence-electron chi connectivity index (χ2n) is 3.18. The van der Waals surface area contributed by atoms with Gasteiger partial charge in [0.15, 0.2) is 5.96 Å². The molecule has 1 atom stereocenters. The van der Waals surface area contributed by atoms with Crippen LogP contribution in [-0.2, 0) is 10.8 Å². The van der Waals surface area contributed by atoms with E-state index in [1.54, 1.807) is 6.26 Å². The largest absolute Gasteiger partial charge is 0.355 e. The third-order valence-electron chi connectivity index (χ3n) is 1.95. The van der Waals surface area contributed by atoms with Crippen LogP contribution in [-0.4, -0.2) is 53.8 Å². The van der Waals surface area contributed by atoms with Crippen molar-refractivity contribution in [2.45, 2.75) is 6.42 Å². The van der Waals surface area contributed by atoms with Crippen molar-refractivity contribution in [3.05, 3.63) is 0 Å². The first-order valence-corrected chi connectivity index (χ1v) is 6.22. The van der Waals surface area contributed by atoms with Crippen LogP contribution in [0.1, 0.15) is 6.42 Å². The predicted molar refractivity (Wildman–Crippen MR) is 56.5 cm³/mol. The van der Waals surface area contributed by atoms with Crippen molar-refractivity contribution in [1.82, 2.24) is 10.2 Å². The highest BCUT2D eigenvalue weighted by atomic mass is 32.2. The number of nitrogens with zero attached hydrogens (tertiary/aromatic N) is 2. The molecule has 0 radical (unpaired) electrons. The summed E-state index contributed by atoms with van der Waals surface area (Å²) in [6, 6.07) is 0. The molecule has 0 aromatic heterocycles. The van der Waals surface area contributed by atoms with Crippen LogP contribution in [0.2, 0.25) is 0 Å². The van der Waals surface area contributed by atoms with Gasteiger partial charge in [0.1, 0.15) is 0 Å². The van der Waals surface area contributed by atoms with Crippen LogP contribution in [0.25, 0.3) is 0 Å². The fourth-order valence-corrected chi connectivity index (χ4v) is 1.61. The lowest BCUT2D eigenvalue weighted by molar-refractivity contribution is 0.448. The highest BCUT2D eigenvalue weighted by molar-refractivity contribution is 7.84. The van der Waals surface area contributed by atoms with Gasteiger partial charge in [-0.15, -0.1) is 0 Å². The number of rotatable bonds is 3. The van der Waals surface area contributed by atoms with E-state index in [4.69, 9.17) is 0 Å². The molecule has 0 saturated carbocycles. The minimum atomic E-state index is -0.717. The topological polar surface area (TPSA) is 44.7 Å². The Balaban J connectivity index is 2.27. The number of guanidine groups is 1. The molecule has 0 bridgehead atoms. The standard InChI is InChI=1S/C8H17N3OS/c1-11-6-3-4-9-8(11)10-5-7-13(2)12/h3-7H2,1-2H3,(H,9,10). The first kappa shape index (κ1) is 10.5. The molecule has 1 aliphatic rings. The molecule has 1 unspecified atom stereocenters. The molecule has 0 amide bonds. The third-order valence-corrected chi connectivity index (χ3v) is 2.73. The first-order chi connectivity index (χ1) is 6.20. The van der Waals surface area contributed by atoms with Gasteiger partial charge >= 0.3 is 0 Å². The van der Waals surface area contributed by atoms with Crippen molar-refractivity contribution in [2.75, 3.05) is 38.7 Å². The number of hydrogen-bond donors (Lipinski definition) is 1. The van der Waals surface area contributed by atoms with Gasteiger partial charge in [0, 0.05) is 49.5 Å². The third kappa shape index (κ3) is 3.76. The lowest BCUT2D eigenvalue weighted by Crippen LogP contribution is -2.43. The number of nitrogens with one attached hydrogen (secondary N) is 1. The van der Waals surface area contributed by atoms with Gasteiger partial charge < -0.3 is 10.2 Å². The Morgan fingerprint density at radius 3 is 3.08 bits per heavy atom. The Morgan fingerprint density at radius 1 is 1.69 bits per heavy atom. The van der Waals surface area contributed by atoms with Gasteiger partial charge in [0.2, 0.25) is 0 Å². The fraction of sp³-hybridized carbons (Fsp3) is 0.875. The molecular weight excluding hydrogens is 186 g/mol. The number of hydrogen-bond acceptors (Lipinski definition) is 4. The second-order valence-corrected chi connectivity index (χ2v) is 4.74. The maximum absolute atomic E-state index is 10.8. The summed E-state index contributed by atoms with van der Waals surface area (Å²) >= 11 is 0. The van der Waals surface area contributed by atoms with Crippen molar-refractivity contribution in [2.24, 2.45) is 4.99 Å². The van der Waals surface area contributed by atoms with Crippen LogP contribution in [0.4, 0.5) is 0 Å². The molecule has 0 aromatic carbocycles. The Hall–Kier alpha value is -0.580. The van der Waals surface area contributed by atoms with Crippen LogP contribution in [0.5, 0.6) is 0 Å². The van der Waals surface area contributed by atoms with Crippen LogP contribution < -0.4 is 5.32 Å². The average molecular weight is 203 g/mol. The van der Waals surface area contributed by atoms with Gasteiger partial charge in [0.25, 0.3) is 0 Å². The van der Waals surface area contributed by atoms with Crippen molar-refractivity contribution < 1.29 is 4.21 Å². The van der Waals surface area contributed by atoms with Gasteiger partial charge in [-0.1, -0.05) is 0 Å². The Labute approximate surface area is 81.9 Å². The summed E-state index contributed by atoms with van der Waals surface area (Å²) in [7, 11) is 1.30. The maximum atomic E-state index is 10.8. The van der Waals surface area contributed by atoms with E-state index in [2.05, 4.69) is 15.2 Å². The van der Waals surface area contributed by atoms with E-state index in [1.165, 1.54) is 0 Å². The van der Waals surface area contributed by atoms with E-state index in [9.17, 15) is 4.21 Å². The zero-order chi connectivity index (χ0) is 9.68. The Kier molecular flexibility index (Phi) is 4.21. The zero-order valence-corrected chi connectivity index (χ0v) is 9.06. The van der Waals surface area contributed by atoms with E-state index in [1.807, 2.05) is 7.05 Å². The van der Waals surface area contributed by atoms with Gasteiger partial charge in [-0.25, -0.2) is 0 Å². The average Bonchev–Trinajstić information content (AvgIpc) is 2.08. The van der Waals surface area contributed by atoms with Gasteiger partial charge in [-0.2, -0.15) is 0 Å². The van der Waals surface area contributed by atoms with Crippen LogP contribution >= 0.6 is 0 Å². The molecule has 1 aliphatic heterocycles. The molecular formula is C8H17N3OS. The Morgan fingerprint density at radius 2 is 2.46 bits per heavy atom. The minimum Gasteiger partial charge on any atom is -0.355 e. The summed E-state index contributed by atoms with van der Waals surface area (Å²) in [6.45, 7) is 2.70. The summed E-state index contributed by atoms with van der Waals surface area (Å²) in [5.74, 6) is 1.63. The molecule has 1 heterocycles. The lowest BCUT2D eigenvalue weighted by atomic mass is 10.3. The highest BCUT2D eigenvalue weighted by Crippen LogP contribution is 1.97. The molecule has 1 N–H and O–H groups in total. The summed E-state index contributed by atoms with van der Waals surface area (Å²) in [5, 5.41) is 3.19. The molecule has 0 fully saturated rings. The molecule has 0 aliphatic carbocycles. The van der Waals surface area contributed by atoms with Gasteiger partial charge in [-0.3, -0.25) is 9.20 Å². The van der Waals surface area contributed by atoms with E-state index in [0.717, 1.165) is 32.0 Å². The van der Waals surface area contributed by atoms with Crippen molar-refractivity contribution in [1.29, 1.82) is 0 Å². The second kappa shape index (κ2) is 5.21. The molecule has 4 nitrogen and oxygen atoms in total. The van der Waals surface area contributed by atoms with E-state index in [0.29, 0.717) is 5.75 Å². The minimum absolute atomic E-state index is 0.687. The summed E-state index contributed by atoms with van der Waals surface area (Å²) in [6.07, 6.45) is 2.84. The highest BCUT2D eigenvalue weighted by Gasteiger charge is 2.09. The van der Waals surface area contributed by atoms with E-state index in [-0.39, 0.29) is 0 Å². The monoisotopic (exact) mass is 203 g/mol. The molecule has 0 aromatic rings. The smallest absolute Gasteiger partial charge is 0.193 e. The van der Waals surface area contributed by atoms with Crippen molar-refractivity contribution in [3.63, 3.8) is 0 Å². The van der Waals surface area contributed by atoms with Crippen LogP contribution in [0, 0.1) is 0 Å². The zero-order valence-electron chi connectivity index (χ0n) is 8.25. The normalized spacial score (nSPS) is 19.5. The molecule has 13 heavy (non-hydrogen) atoms. The van der Waals surface area contributed by atoms with Crippen molar-refractivity contribution >= 4 is 16.8 Å². The lowest BCUT2D eigenvalue weighted by Gasteiger charge is -2.25. The SMILES string of the molecule is CN1CCCN=C1NCCS(C)=O. The summed E-state index contributed by atoms with van der Waals surface area (Å²) in [5.41, 5.74) is 0. The number of aliphatic imine (C=N–C) groups is 1. The van der Waals surface area contributed by atoms with E-state index < -0.39 is 10.8 Å². The maximum Gasteiger partial charge on any atom is 0.193 e. The van der Waals surface area contributed by atoms with Crippen molar-refractivity contribution in [3.8, 4) is 0 Å².